The highest BCUT2D eigenvalue weighted by atomic mass is 16.7. The molecule has 0 aromatic carbocycles. The summed E-state index contributed by atoms with van der Waals surface area (Å²) in [6.07, 6.45) is -3.79. The zero-order chi connectivity index (χ0) is 8.15. The van der Waals surface area contributed by atoms with Gasteiger partial charge < -0.3 is 20.1 Å². The predicted octanol–water partition coefficient (Wildman–Crippen LogP) is -1.43. The monoisotopic (exact) mass is 150 g/mol. The second kappa shape index (κ2) is 4.21. The van der Waals surface area contributed by atoms with Crippen LogP contribution in [-0.2, 0) is 9.53 Å². The Balaban J connectivity index is 3.57. The van der Waals surface area contributed by atoms with Crippen LogP contribution in [0.4, 0.5) is 0 Å². The second-order valence-corrected chi connectivity index (χ2v) is 1.65. The molecule has 0 amide bonds. The molecule has 0 rings (SSSR count). The van der Waals surface area contributed by atoms with Crippen molar-refractivity contribution in [1.82, 2.24) is 0 Å². The summed E-state index contributed by atoms with van der Waals surface area (Å²) in [6.45, 7) is 1.53. The van der Waals surface area contributed by atoms with E-state index in [0.717, 1.165) is 0 Å². The normalized spacial score (nSPS) is 13.3. The quantitative estimate of drug-likeness (QED) is 0.339. The Hall–Kier alpha value is -0.650. The number of aliphatic hydroxyl groups excluding tert-OH is 2. The molecule has 0 fully saturated rings. The lowest BCUT2D eigenvalue weighted by Crippen LogP contribution is -2.30. The van der Waals surface area contributed by atoms with Gasteiger partial charge in [0.1, 0.15) is 0 Å². The van der Waals surface area contributed by atoms with Crippen LogP contribution in [0.1, 0.15) is 13.3 Å². The molecule has 0 aromatic heterocycles. The fourth-order valence-electron chi connectivity index (χ4n) is 0.279. The van der Waals surface area contributed by atoms with E-state index in [0.29, 0.717) is 0 Å². The van der Waals surface area contributed by atoms with Gasteiger partial charge in [-0.25, -0.2) is 0 Å². The Morgan fingerprint density at radius 3 is 2.30 bits per heavy atom. The molecule has 3 N–H and O–H groups in total. The van der Waals surface area contributed by atoms with E-state index in [1.165, 1.54) is 6.92 Å². The molecule has 0 heterocycles. The first-order valence-corrected chi connectivity index (χ1v) is 2.81. The van der Waals surface area contributed by atoms with E-state index in [1.807, 2.05) is 0 Å². The Labute approximate surface area is 57.9 Å². The van der Waals surface area contributed by atoms with Crippen molar-refractivity contribution < 1.29 is 24.9 Å². The standard InChI is InChI=1S/C5H10O5/c1-2-3(6)10-5(9)4(7)8/h4-5,7-9H,2H2,1H3. The third-order valence-electron chi connectivity index (χ3n) is 0.796. The van der Waals surface area contributed by atoms with Gasteiger partial charge in [-0.1, -0.05) is 6.92 Å². The molecule has 0 aliphatic heterocycles. The molecular formula is C5H10O5. The van der Waals surface area contributed by atoms with E-state index in [-0.39, 0.29) is 6.42 Å². The van der Waals surface area contributed by atoms with Crippen molar-refractivity contribution in [2.24, 2.45) is 0 Å². The number of rotatable bonds is 3. The van der Waals surface area contributed by atoms with E-state index < -0.39 is 18.5 Å². The largest absolute Gasteiger partial charge is 0.430 e. The van der Waals surface area contributed by atoms with Crippen LogP contribution in [-0.4, -0.2) is 33.9 Å². The summed E-state index contributed by atoms with van der Waals surface area (Å²) in [5, 5.41) is 24.9. The Morgan fingerprint density at radius 2 is 2.00 bits per heavy atom. The van der Waals surface area contributed by atoms with Gasteiger partial charge in [-0.2, -0.15) is 0 Å². The lowest BCUT2D eigenvalue weighted by atomic mass is 10.5. The van der Waals surface area contributed by atoms with Crippen LogP contribution >= 0.6 is 0 Å². The zero-order valence-corrected chi connectivity index (χ0v) is 5.52. The highest BCUT2D eigenvalue weighted by Crippen LogP contribution is 1.94. The fraction of sp³-hybridized carbons (Fsp3) is 0.800. The molecular weight excluding hydrogens is 140 g/mol. The molecule has 1 atom stereocenters. The van der Waals surface area contributed by atoms with Crippen LogP contribution in [0.3, 0.4) is 0 Å². The van der Waals surface area contributed by atoms with Gasteiger partial charge in [0.2, 0.25) is 6.29 Å². The molecule has 0 aliphatic carbocycles. The van der Waals surface area contributed by atoms with Crippen LogP contribution in [0, 0.1) is 0 Å². The Morgan fingerprint density at radius 1 is 1.50 bits per heavy atom. The maximum atomic E-state index is 10.3. The molecule has 10 heavy (non-hydrogen) atoms. The van der Waals surface area contributed by atoms with Crippen LogP contribution in [0.5, 0.6) is 0 Å². The van der Waals surface area contributed by atoms with E-state index in [4.69, 9.17) is 15.3 Å². The van der Waals surface area contributed by atoms with Gasteiger partial charge in [-0.3, -0.25) is 4.79 Å². The molecule has 0 bridgehead atoms. The lowest BCUT2D eigenvalue weighted by molar-refractivity contribution is -0.229. The van der Waals surface area contributed by atoms with Gasteiger partial charge in [0.15, 0.2) is 0 Å². The first kappa shape index (κ1) is 9.35. The Kier molecular flexibility index (Phi) is 3.94. The van der Waals surface area contributed by atoms with Crippen molar-refractivity contribution in [2.75, 3.05) is 0 Å². The van der Waals surface area contributed by atoms with Gasteiger partial charge in [0.25, 0.3) is 6.29 Å². The molecule has 5 heteroatoms. The average Bonchev–Trinajstić information content (AvgIpc) is 1.87. The van der Waals surface area contributed by atoms with Crippen LogP contribution in [0.25, 0.3) is 0 Å². The number of ether oxygens (including phenoxy) is 1. The number of carbonyl (C=O) groups excluding carboxylic acids is 1. The summed E-state index contributed by atoms with van der Waals surface area (Å²) in [5.41, 5.74) is 0. The van der Waals surface area contributed by atoms with Gasteiger partial charge >= 0.3 is 5.97 Å². The van der Waals surface area contributed by atoms with Crippen molar-refractivity contribution in [3.63, 3.8) is 0 Å². The fourth-order valence-corrected chi connectivity index (χ4v) is 0.279. The van der Waals surface area contributed by atoms with Crippen molar-refractivity contribution in [3.8, 4) is 0 Å². The topological polar surface area (TPSA) is 87.0 Å². The number of hydrogen-bond donors (Lipinski definition) is 3. The number of hydrogen-bond acceptors (Lipinski definition) is 5. The van der Waals surface area contributed by atoms with Crippen molar-refractivity contribution in [3.05, 3.63) is 0 Å². The summed E-state index contributed by atoms with van der Waals surface area (Å²) in [5.74, 6) is -0.680. The number of carbonyl (C=O) groups is 1. The maximum Gasteiger partial charge on any atom is 0.307 e. The third kappa shape index (κ3) is 3.39. The van der Waals surface area contributed by atoms with Crippen LogP contribution in [0.15, 0.2) is 0 Å². The van der Waals surface area contributed by atoms with E-state index >= 15 is 0 Å². The van der Waals surface area contributed by atoms with Crippen molar-refractivity contribution in [2.45, 2.75) is 25.9 Å². The lowest BCUT2D eigenvalue weighted by Gasteiger charge is -2.11. The second-order valence-electron chi connectivity index (χ2n) is 1.65. The molecule has 0 spiro atoms. The first-order valence-electron chi connectivity index (χ1n) is 2.81. The molecule has 0 saturated carbocycles. The zero-order valence-electron chi connectivity index (χ0n) is 5.52. The van der Waals surface area contributed by atoms with E-state index in [1.54, 1.807) is 0 Å². The van der Waals surface area contributed by atoms with Gasteiger partial charge in [0, 0.05) is 6.42 Å². The van der Waals surface area contributed by atoms with E-state index in [9.17, 15) is 4.79 Å². The minimum Gasteiger partial charge on any atom is -0.430 e. The number of esters is 1. The highest BCUT2D eigenvalue weighted by molar-refractivity contribution is 5.68. The molecule has 60 valence electrons. The summed E-state index contributed by atoms with van der Waals surface area (Å²) in [7, 11) is 0. The smallest absolute Gasteiger partial charge is 0.307 e. The predicted molar refractivity (Wildman–Crippen MR) is 30.6 cm³/mol. The summed E-state index contributed by atoms with van der Waals surface area (Å²) in [6, 6.07) is 0. The molecule has 0 saturated heterocycles. The Bertz CT molecular complexity index is 111. The van der Waals surface area contributed by atoms with Gasteiger partial charge in [-0.05, 0) is 0 Å². The summed E-state index contributed by atoms with van der Waals surface area (Å²) >= 11 is 0. The summed E-state index contributed by atoms with van der Waals surface area (Å²) in [4.78, 5) is 10.3. The van der Waals surface area contributed by atoms with Gasteiger partial charge in [-0.15, -0.1) is 0 Å². The number of aliphatic hydroxyl groups is 3. The van der Waals surface area contributed by atoms with Crippen molar-refractivity contribution in [1.29, 1.82) is 0 Å². The molecule has 0 aliphatic rings. The SMILES string of the molecule is CCC(=O)OC(O)C(O)O. The first-order chi connectivity index (χ1) is 4.57. The molecule has 1 unspecified atom stereocenters. The minimum absolute atomic E-state index is 0.0871. The molecule has 0 aromatic rings. The highest BCUT2D eigenvalue weighted by Gasteiger charge is 2.15. The summed E-state index contributed by atoms with van der Waals surface area (Å²) < 4.78 is 4.08. The average molecular weight is 150 g/mol. The van der Waals surface area contributed by atoms with Crippen molar-refractivity contribution >= 4 is 5.97 Å². The third-order valence-corrected chi connectivity index (χ3v) is 0.796. The molecule has 0 radical (unpaired) electrons. The minimum atomic E-state index is -2.03. The van der Waals surface area contributed by atoms with E-state index in [2.05, 4.69) is 4.74 Å². The van der Waals surface area contributed by atoms with Gasteiger partial charge in [0.05, 0.1) is 0 Å². The van der Waals surface area contributed by atoms with Crippen LogP contribution in [0.2, 0.25) is 0 Å². The molecule has 5 nitrogen and oxygen atoms in total. The maximum absolute atomic E-state index is 10.3. The van der Waals surface area contributed by atoms with Crippen LogP contribution < -0.4 is 0 Å².